The summed E-state index contributed by atoms with van der Waals surface area (Å²) in [4.78, 5) is 32.9. The molecule has 0 saturated heterocycles. The summed E-state index contributed by atoms with van der Waals surface area (Å²) in [5.41, 5.74) is 0.846. The standard InChI is InChI=1S/C21H20N4O4S3/c1-13-7-8-17(31-13)16-11-30-20-19(16)21(27)25(12-22-20)10-18(26)23-14-5-4-6-15(9-14)32(28,29)24(2)3/h4-9,11-12H,10H2,1-3H3,(H,23,26). The molecule has 0 radical (unpaired) electrons. The fourth-order valence-electron chi connectivity index (χ4n) is 3.14. The zero-order chi connectivity index (χ0) is 23.0. The third-order valence-electron chi connectivity index (χ3n) is 4.78. The second-order valence-electron chi connectivity index (χ2n) is 7.28. The van der Waals surface area contributed by atoms with Crippen molar-refractivity contribution in [2.45, 2.75) is 18.4 Å². The number of carbonyl (C=O) groups is 1. The SMILES string of the molecule is Cc1ccc(-c2csc3ncn(CC(=O)Nc4cccc(S(=O)(=O)N(C)C)c4)c(=O)c23)s1. The van der Waals surface area contributed by atoms with Crippen molar-refractivity contribution in [3.63, 3.8) is 0 Å². The predicted molar refractivity (Wildman–Crippen MR) is 128 cm³/mol. The normalized spacial score (nSPS) is 11.9. The molecule has 4 aromatic rings. The summed E-state index contributed by atoms with van der Waals surface area (Å²) < 4.78 is 27.0. The number of benzene rings is 1. The van der Waals surface area contributed by atoms with Gasteiger partial charge in [-0.3, -0.25) is 14.2 Å². The van der Waals surface area contributed by atoms with E-state index < -0.39 is 15.9 Å². The number of aromatic nitrogens is 2. The molecule has 0 unspecified atom stereocenters. The van der Waals surface area contributed by atoms with E-state index in [0.717, 1.165) is 19.6 Å². The number of aryl methyl sites for hydroxylation is 1. The van der Waals surface area contributed by atoms with Gasteiger partial charge in [0.2, 0.25) is 15.9 Å². The van der Waals surface area contributed by atoms with Gasteiger partial charge in [0, 0.05) is 40.5 Å². The maximum Gasteiger partial charge on any atom is 0.263 e. The van der Waals surface area contributed by atoms with Gasteiger partial charge >= 0.3 is 0 Å². The number of anilines is 1. The third kappa shape index (κ3) is 4.24. The molecule has 0 spiro atoms. The monoisotopic (exact) mass is 488 g/mol. The fraction of sp³-hybridized carbons (Fsp3) is 0.190. The molecule has 0 atom stereocenters. The Balaban J connectivity index is 1.60. The van der Waals surface area contributed by atoms with E-state index in [2.05, 4.69) is 10.3 Å². The molecule has 0 fully saturated rings. The maximum atomic E-state index is 13.1. The van der Waals surface area contributed by atoms with E-state index in [9.17, 15) is 18.0 Å². The molecule has 0 aliphatic rings. The van der Waals surface area contributed by atoms with Gasteiger partial charge in [-0.25, -0.2) is 17.7 Å². The van der Waals surface area contributed by atoms with Gasteiger partial charge in [0.1, 0.15) is 11.4 Å². The minimum atomic E-state index is -3.63. The molecule has 0 aliphatic heterocycles. The number of nitrogens with one attached hydrogen (secondary N) is 1. The van der Waals surface area contributed by atoms with E-state index in [4.69, 9.17) is 0 Å². The van der Waals surface area contributed by atoms with Crippen molar-refractivity contribution < 1.29 is 13.2 Å². The Hall–Kier alpha value is -2.86. The van der Waals surface area contributed by atoms with Crippen LogP contribution in [-0.2, 0) is 21.4 Å². The smallest absolute Gasteiger partial charge is 0.263 e. The molecule has 3 heterocycles. The molecule has 3 aromatic heterocycles. The van der Waals surface area contributed by atoms with Crippen LogP contribution < -0.4 is 10.9 Å². The number of rotatable bonds is 6. The van der Waals surface area contributed by atoms with E-state index in [1.54, 1.807) is 23.5 Å². The lowest BCUT2D eigenvalue weighted by Crippen LogP contribution is -2.28. The highest BCUT2D eigenvalue weighted by Crippen LogP contribution is 2.34. The lowest BCUT2D eigenvalue weighted by atomic mass is 10.2. The van der Waals surface area contributed by atoms with Crippen molar-refractivity contribution in [2.75, 3.05) is 19.4 Å². The summed E-state index contributed by atoms with van der Waals surface area (Å²) in [5, 5.41) is 5.06. The molecular weight excluding hydrogens is 468 g/mol. The first-order valence-electron chi connectivity index (χ1n) is 9.52. The summed E-state index contributed by atoms with van der Waals surface area (Å²) in [5.74, 6) is -0.462. The maximum absolute atomic E-state index is 13.1. The second kappa shape index (κ2) is 8.58. The number of amides is 1. The van der Waals surface area contributed by atoms with E-state index in [-0.39, 0.29) is 17.0 Å². The highest BCUT2D eigenvalue weighted by Gasteiger charge is 2.18. The highest BCUT2D eigenvalue weighted by molar-refractivity contribution is 7.89. The Bertz CT molecular complexity index is 1480. The number of nitrogens with zero attached hydrogens (tertiary/aromatic N) is 3. The van der Waals surface area contributed by atoms with Gasteiger partial charge in [-0.05, 0) is 37.3 Å². The topological polar surface area (TPSA) is 101 Å². The molecule has 1 amide bonds. The molecule has 0 saturated carbocycles. The molecule has 166 valence electrons. The van der Waals surface area contributed by atoms with Crippen LogP contribution in [0, 0.1) is 6.92 Å². The molecular formula is C21H20N4O4S3. The van der Waals surface area contributed by atoms with Crippen molar-refractivity contribution in [1.29, 1.82) is 0 Å². The minimum absolute atomic E-state index is 0.0645. The molecule has 1 N–H and O–H groups in total. The predicted octanol–water partition coefficient (Wildman–Crippen LogP) is 3.38. The van der Waals surface area contributed by atoms with Gasteiger partial charge in [-0.2, -0.15) is 0 Å². The molecule has 8 nitrogen and oxygen atoms in total. The number of fused-ring (bicyclic) bond motifs is 1. The summed E-state index contributed by atoms with van der Waals surface area (Å²) in [7, 11) is -0.755. The number of hydrogen-bond acceptors (Lipinski definition) is 7. The lowest BCUT2D eigenvalue weighted by molar-refractivity contribution is -0.116. The van der Waals surface area contributed by atoms with Crippen LogP contribution in [0.3, 0.4) is 0 Å². The average molecular weight is 489 g/mol. The van der Waals surface area contributed by atoms with Gasteiger partial charge in [-0.1, -0.05) is 6.07 Å². The first kappa shape index (κ1) is 22.3. The molecule has 4 rings (SSSR count). The number of hydrogen-bond donors (Lipinski definition) is 1. The molecule has 0 aliphatic carbocycles. The quantitative estimate of drug-likeness (QED) is 0.448. The Kier molecular flexibility index (Phi) is 5.99. The zero-order valence-electron chi connectivity index (χ0n) is 17.5. The summed E-state index contributed by atoms with van der Waals surface area (Å²) in [6.07, 6.45) is 1.36. The van der Waals surface area contributed by atoms with Crippen molar-refractivity contribution in [1.82, 2.24) is 13.9 Å². The van der Waals surface area contributed by atoms with Gasteiger partial charge < -0.3 is 5.32 Å². The first-order chi connectivity index (χ1) is 15.2. The van der Waals surface area contributed by atoms with E-state index in [1.807, 2.05) is 24.4 Å². The molecule has 11 heteroatoms. The average Bonchev–Trinajstić information content (AvgIpc) is 3.36. The lowest BCUT2D eigenvalue weighted by Gasteiger charge is -2.13. The van der Waals surface area contributed by atoms with Crippen molar-refractivity contribution in [3.8, 4) is 10.4 Å². The Morgan fingerprint density at radius 3 is 2.69 bits per heavy atom. The summed E-state index contributed by atoms with van der Waals surface area (Å²) in [6, 6.07) is 9.95. The number of sulfonamides is 1. The Morgan fingerprint density at radius 2 is 2.00 bits per heavy atom. The number of thiophene rings is 2. The van der Waals surface area contributed by atoms with Crippen molar-refractivity contribution >= 4 is 54.5 Å². The first-order valence-corrected chi connectivity index (χ1v) is 12.7. The van der Waals surface area contributed by atoms with Crippen LogP contribution in [-0.4, -0.2) is 42.3 Å². The fourth-order valence-corrected chi connectivity index (χ4v) is 5.95. The van der Waals surface area contributed by atoms with Gasteiger partial charge in [0.15, 0.2) is 0 Å². The van der Waals surface area contributed by atoms with Crippen LogP contribution >= 0.6 is 22.7 Å². The van der Waals surface area contributed by atoms with E-state index in [0.29, 0.717) is 15.9 Å². The molecule has 1 aromatic carbocycles. The van der Waals surface area contributed by atoms with Crippen LogP contribution in [0.2, 0.25) is 0 Å². The largest absolute Gasteiger partial charge is 0.324 e. The molecule has 0 bridgehead atoms. The van der Waals surface area contributed by atoms with Crippen LogP contribution in [0.25, 0.3) is 20.7 Å². The van der Waals surface area contributed by atoms with Crippen LogP contribution in [0.5, 0.6) is 0 Å². The Labute approximate surface area is 192 Å². The summed E-state index contributed by atoms with van der Waals surface area (Å²) in [6.45, 7) is 1.76. The van der Waals surface area contributed by atoms with Gasteiger partial charge in [0.25, 0.3) is 5.56 Å². The minimum Gasteiger partial charge on any atom is -0.324 e. The van der Waals surface area contributed by atoms with Crippen LogP contribution in [0.4, 0.5) is 5.69 Å². The second-order valence-corrected chi connectivity index (χ2v) is 11.6. The van der Waals surface area contributed by atoms with E-state index >= 15 is 0 Å². The van der Waals surface area contributed by atoms with E-state index in [1.165, 1.54) is 48.5 Å². The van der Waals surface area contributed by atoms with Gasteiger partial charge in [-0.15, -0.1) is 22.7 Å². The van der Waals surface area contributed by atoms with Gasteiger partial charge in [0.05, 0.1) is 16.6 Å². The van der Waals surface area contributed by atoms with Crippen LogP contribution in [0.1, 0.15) is 4.88 Å². The Morgan fingerprint density at radius 1 is 1.22 bits per heavy atom. The number of carbonyl (C=O) groups excluding carboxylic acids is 1. The molecule has 32 heavy (non-hydrogen) atoms. The van der Waals surface area contributed by atoms with Crippen LogP contribution in [0.15, 0.2) is 57.8 Å². The van der Waals surface area contributed by atoms with Crippen molar-refractivity contribution in [2.24, 2.45) is 0 Å². The zero-order valence-corrected chi connectivity index (χ0v) is 20.0. The highest BCUT2D eigenvalue weighted by atomic mass is 32.2. The summed E-state index contributed by atoms with van der Waals surface area (Å²) >= 11 is 2.98. The van der Waals surface area contributed by atoms with Crippen molar-refractivity contribution in [3.05, 3.63) is 63.3 Å². The third-order valence-corrected chi connectivity index (χ3v) is 8.51.